The van der Waals surface area contributed by atoms with E-state index in [4.69, 9.17) is 0 Å². The number of hydrogen-bond donors (Lipinski definition) is 2. The van der Waals surface area contributed by atoms with Crippen LogP contribution < -0.4 is 5.32 Å². The van der Waals surface area contributed by atoms with Crippen molar-refractivity contribution in [2.24, 2.45) is 4.99 Å². The Morgan fingerprint density at radius 1 is 1.29 bits per heavy atom. The number of aryl methyl sites for hydroxylation is 1. The predicted molar refractivity (Wildman–Crippen MR) is 141 cm³/mol. The summed E-state index contributed by atoms with van der Waals surface area (Å²) in [5.74, 6) is 6.30. The molecule has 2 N–H and O–H groups in total. The maximum absolute atomic E-state index is 12.8. The molecule has 0 radical (unpaired) electrons. The lowest BCUT2D eigenvalue weighted by Gasteiger charge is -2.09. The van der Waals surface area contributed by atoms with Gasteiger partial charge in [-0.25, -0.2) is 4.68 Å². The minimum atomic E-state index is -0.130. The fourth-order valence-electron chi connectivity index (χ4n) is 3.19. The van der Waals surface area contributed by atoms with E-state index in [1.807, 2.05) is 75.7 Å². The Morgan fingerprint density at radius 3 is 2.89 bits per heavy atom. The molecule has 35 heavy (non-hydrogen) atoms. The van der Waals surface area contributed by atoms with Gasteiger partial charge in [-0.1, -0.05) is 24.0 Å². The summed E-state index contributed by atoms with van der Waals surface area (Å²) in [5.41, 5.74) is 4.93. The maximum atomic E-state index is 12.8. The number of rotatable bonds is 9. The van der Waals surface area contributed by atoms with Crippen molar-refractivity contribution in [3.63, 3.8) is 0 Å². The van der Waals surface area contributed by atoms with Gasteiger partial charge in [0, 0.05) is 48.2 Å². The van der Waals surface area contributed by atoms with Gasteiger partial charge in [0.15, 0.2) is 0 Å². The first-order valence-electron chi connectivity index (χ1n) is 11.5. The number of nitrogens with zero attached hydrogens (tertiary/aromatic N) is 4. The molecule has 0 fully saturated rings. The van der Waals surface area contributed by atoms with Crippen molar-refractivity contribution in [3.05, 3.63) is 102 Å². The normalized spacial score (nSPS) is 12.2. The fourth-order valence-corrected chi connectivity index (χ4v) is 3.19. The molecule has 178 valence electrons. The Bertz CT molecular complexity index is 1280. The number of aliphatic imine (C=N–C) groups is 1. The summed E-state index contributed by atoms with van der Waals surface area (Å²) in [6.45, 7) is 6.38. The molecule has 0 aliphatic rings. The lowest BCUT2D eigenvalue weighted by Crippen LogP contribution is -2.25. The molecule has 0 unspecified atom stereocenters. The molecule has 3 rings (SSSR count). The molecule has 7 heteroatoms. The number of nitrogens with one attached hydrogen (secondary N) is 2. The molecule has 7 nitrogen and oxygen atoms in total. The first-order chi connectivity index (χ1) is 17.1. The molecule has 3 aromatic rings. The van der Waals surface area contributed by atoms with E-state index in [0.29, 0.717) is 17.7 Å². The van der Waals surface area contributed by atoms with Crippen molar-refractivity contribution in [3.8, 4) is 17.5 Å². The van der Waals surface area contributed by atoms with Crippen LogP contribution in [0.1, 0.15) is 48.7 Å². The molecular weight excluding hydrogens is 436 g/mol. The third kappa shape index (κ3) is 7.83. The number of carbonyl (C=O) groups is 1. The topological polar surface area (TPSA) is 88.0 Å². The van der Waals surface area contributed by atoms with E-state index in [-0.39, 0.29) is 5.91 Å². The Morgan fingerprint density at radius 2 is 2.17 bits per heavy atom. The van der Waals surface area contributed by atoms with Gasteiger partial charge in [-0.2, -0.15) is 10.2 Å². The van der Waals surface area contributed by atoms with Crippen molar-refractivity contribution in [2.45, 2.75) is 33.6 Å². The lowest BCUT2D eigenvalue weighted by atomic mass is 10.1. The molecule has 0 aliphatic heterocycles. The lowest BCUT2D eigenvalue weighted by molar-refractivity contribution is 0.0953. The summed E-state index contributed by atoms with van der Waals surface area (Å²) in [7, 11) is 0. The summed E-state index contributed by atoms with van der Waals surface area (Å²) in [4.78, 5) is 17.1. The monoisotopic (exact) mass is 466 g/mol. The number of allylic oxidation sites excluding steroid dienone is 5. The molecule has 1 amide bonds. The maximum Gasteiger partial charge on any atom is 0.251 e. The molecule has 0 aliphatic carbocycles. The third-order valence-corrected chi connectivity index (χ3v) is 5.08. The number of aromatic nitrogens is 4. The number of benzene rings is 1. The summed E-state index contributed by atoms with van der Waals surface area (Å²) >= 11 is 0. The van der Waals surface area contributed by atoms with Crippen LogP contribution in [-0.4, -0.2) is 38.1 Å². The SMILES string of the molecule is C\C=C/N=C(C)\C=C/C(C#Cc1cc(C(=O)NCCCc2cn[nH]c2)ccc1-n1cccn1)=C\C. The summed E-state index contributed by atoms with van der Waals surface area (Å²) in [5, 5.41) is 14.1. The minimum absolute atomic E-state index is 0.130. The van der Waals surface area contributed by atoms with Gasteiger partial charge in [-0.05, 0) is 75.6 Å². The van der Waals surface area contributed by atoms with Gasteiger partial charge < -0.3 is 5.32 Å². The highest BCUT2D eigenvalue weighted by Gasteiger charge is 2.10. The fraction of sp³-hybridized carbons (Fsp3) is 0.214. The van der Waals surface area contributed by atoms with Gasteiger partial charge in [0.2, 0.25) is 0 Å². The van der Waals surface area contributed by atoms with E-state index in [0.717, 1.165) is 35.4 Å². The van der Waals surface area contributed by atoms with Gasteiger partial charge in [0.25, 0.3) is 5.91 Å². The molecular formula is C28H30N6O. The second-order valence-electron chi connectivity index (χ2n) is 7.73. The van der Waals surface area contributed by atoms with Gasteiger partial charge >= 0.3 is 0 Å². The Balaban J connectivity index is 1.78. The molecule has 2 aromatic heterocycles. The summed E-state index contributed by atoms with van der Waals surface area (Å²) in [6.07, 6.45) is 18.3. The predicted octanol–water partition coefficient (Wildman–Crippen LogP) is 4.81. The number of carbonyl (C=O) groups excluding carboxylic acids is 1. The average Bonchev–Trinajstić information content (AvgIpc) is 3.60. The quantitative estimate of drug-likeness (QED) is 0.205. The van der Waals surface area contributed by atoms with Gasteiger partial charge in [0.05, 0.1) is 17.4 Å². The molecule has 0 atom stereocenters. The third-order valence-electron chi connectivity index (χ3n) is 5.08. The first-order valence-corrected chi connectivity index (χ1v) is 11.5. The number of aromatic amines is 1. The van der Waals surface area contributed by atoms with Crippen molar-refractivity contribution in [1.29, 1.82) is 0 Å². The average molecular weight is 467 g/mol. The molecule has 2 heterocycles. The van der Waals surface area contributed by atoms with Crippen LogP contribution in [0.5, 0.6) is 0 Å². The van der Waals surface area contributed by atoms with E-state index in [9.17, 15) is 4.79 Å². The van der Waals surface area contributed by atoms with Gasteiger partial charge in [-0.3, -0.25) is 14.9 Å². The molecule has 1 aromatic carbocycles. The van der Waals surface area contributed by atoms with Crippen molar-refractivity contribution in [2.75, 3.05) is 6.54 Å². The number of hydrogen-bond acceptors (Lipinski definition) is 4. The zero-order valence-corrected chi connectivity index (χ0v) is 20.3. The molecule has 0 spiro atoms. The van der Waals surface area contributed by atoms with E-state index in [2.05, 4.69) is 37.4 Å². The first kappa shape index (κ1) is 25.2. The summed E-state index contributed by atoms with van der Waals surface area (Å²) in [6, 6.07) is 7.33. The highest BCUT2D eigenvalue weighted by atomic mass is 16.1. The van der Waals surface area contributed by atoms with Crippen LogP contribution in [0.4, 0.5) is 0 Å². The van der Waals surface area contributed by atoms with E-state index in [1.54, 1.807) is 29.3 Å². The van der Waals surface area contributed by atoms with E-state index in [1.165, 1.54) is 0 Å². The molecule has 0 saturated carbocycles. The van der Waals surface area contributed by atoms with Crippen LogP contribution in [0.15, 0.2) is 90.1 Å². The molecule has 0 saturated heterocycles. The van der Waals surface area contributed by atoms with Crippen molar-refractivity contribution >= 4 is 11.6 Å². The number of amides is 1. The molecule has 0 bridgehead atoms. The second kappa shape index (κ2) is 13.3. The van der Waals surface area contributed by atoms with Crippen molar-refractivity contribution < 1.29 is 4.79 Å². The second-order valence-corrected chi connectivity index (χ2v) is 7.73. The van der Waals surface area contributed by atoms with Crippen molar-refractivity contribution in [1.82, 2.24) is 25.3 Å². The van der Waals surface area contributed by atoms with Crippen LogP contribution in [0.25, 0.3) is 5.69 Å². The van der Waals surface area contributed by atoms with Crippen LogP contribution in [0.3, 0.4) is 0 Å². The standard InChI is InChI=1S/C28H30N6O/c1-4-15-29-22(3)9-10-23(5-2)11-12-25-19-26(13-14-27(25)34-18-7-17-33-34)28(35)30-16-6-8-24-20-31-32-21-24/h4-5,7,9-10,13-15,17-21H,6,8,16H2,1-3H3,(H,30,35)(H,31,32)/b10-9-,15-4-,23-5+,29-22-. The van der Waals surface area contributed by atoms with E-state index >= 15 is 0 Å². The van der Waals surface area contributed by atoms with Gasteiger partial charge in [-0.15, -0.1) is 0 Å². The van der Waals surface area contributed by atoms with Crippen LogP contribution in [0.2, 0.25) is 0 Å². The zero-order chi connectivity index (χ0) is 24.9. The van der Waals surface area contributed by atoms with Crippen LogP contribution >= 0.6 is 0 Å². The Labute approximate surface area is 206 Å². The summed E-state index contributed by atoms with van der Waals surface area (Å²) < 4.78 is 1.75. The van der Waals surface area contributed by atoms with Gasteiger partial charge in [0.1, 0.15) is 0 Å². The smallest absolute Gasteiger partial charge is 0.251 e. The zero-order valence-electron chi connectivity index (χ0n) is 20.3. The largest absolute Gasteiger partial charge is 0.352 e. The Kier molecular flexibility index (Phi) is 9.58. The number of H-pyrrole nitrogens is 1. The van der Waals surface area contributed by atoms with Crippen LogP contribution in [0, 0.1) is 11.8 Å². The van der Waals surface area contributed by atoms with E-state index < -0.39 is 0 Å². The van der Waals surface area contributed by atoms with Crippen LogP contribution in [-0.2, 0) is 6.42 Å². The highest BCUT2D eigenvalue weighted by molar-refractivity contribution is 5.95. The highest BCUT2D eigenvalue weighted by Crippen LogP contribution is 2.16. The minimum Gasteiger partial charge on any atom is -0.352 e. The Hall–Kier alpha value is -4.44.